The highest BCUT2D eigenvalue weighted by molar-refractivity contribution is 5.95. The number of ketones is 1. The van der Waals surface area contributed by atoms with Crippen LogP contribution in [-0.4, -0.2) is 72.0 Å². The van der Waals surface area contributed by atoms with Gasteiger partial charge < -0.3 is 30.6 Å². The second kappa shape index (κ2) is 8.35. The highest BCUT2D eigenvalue weighted by atomic mass is 16.3. The Morgan fingerprint density at radius 1 is 1.09 bits per heavy atom. The zero-order valence-electron chi connectivity index (χ0n) is 21.2. The molecule has 0 aliphatic heterocycles. The fraction of sp³-hybridized carbons (Fsp3) is 0.889. The molecule has 194 valence electrons. The number of aliphatic hydroxyl groups is 6. The van der Waals surface area contributed by atoms with Crippen molar-refractivity contribution in [3.05, 3.63) is 11.6 Å². The van der Waals surface area contributed by atoms with Gasteiger partial charge in [-0.1, -0.05) is 27.7 Å². The molecule has 0 aromatic heterocycles. The van der Waals surface area contributed by atoms with Crippen LogP contribution in [0.2, 0.25) is 0 Å². The minimum absolute atomic E-state index is 0.137. The van der Waals surface area contributed by atoms with Gasteiger partial charge in [-0.3, -0.25) is 4.79 Å². The van der Waals surface area contributed by atoms with Crippen molar-refractivity contribution in [1.82, 2.24) is 0 Å². The average Bonchev–Trinajstić information content (AvgIpc) is 2.99. The van der Waals surface area contributed by atoms with Crippen LogP contribution in [0.1, 0.15) is 79.6 Å². The topological polar surface area (TPSA) is 138 Å². The zero-order valence-corrected chi connectivity index (χ0v) is 21.2. The van der Waals surface area contributed by atoms with Crippen molar-refractivity contribution in [1.29, 1.82) is 0 Å². The van der Waals surface area contributed by atoms with E-state index in [4.69, 9.17) is 0 Å². The highest BCUT2D eigenvalue weighted by Crippen LogP contribution is 2.68. The lowest BCUT2D eigenvalue weighted by Crippen LogP contribution is -2.66. The van der Waals surface area contributed by atoms with Gasteiger partial charge in [0.1, 0.15) is 0 Å². The van der Waals surface area contributed by atoms with Crippen molar-refractivity contribution < 1.29 is 35.4 Å². The van der Waals surface area contributed by atoms with E-state index in [0.717, 1.165) is 6.42 Å². The van der Waals surface area contributed by atoms with Gasteiger partial charge in [-0.15, -0.1) is 0 Å². The maximum atomic E-state index is 13.3. The molecule has 7 nitrogen and oxygen atoms in total. The molecule has 0 amide bonds. The number of carbonyl (C=O) groups is 1. The quantitative estimate of drug-likeness (QED) is 0.352. The predicted octanol–water partition coefficient (Wildman–Crippen LogP) is 1.71. The zero-order chi connectivity index (χ0) is 25.4. The van der Waals surface area contributed by atoms with Crippen molar-refractivity contribution in [2.75, 3.05) is 0 Å². The Balaban J connectivity index is 1.73. The molecule has 3 fully saturated rings. The summed E-state index contributed by atoms with van der Waals surface area (Å²) in [5, 5.41) is 66.9. The molecule has 0 heterocycles. The van der Waals surface area contributed by atoms with Crippen molar-refractivity contribution in [2.24, 2.45) is 34.5 Å². The fourth-order valence-electron chi connectivity index (χ4n) is 8.44. The first kappa shape index (κ1) is 26.2. The lowest BCUT2D eigenvalue weighted by atomic mass is 9.45. The lowest BCUT2D eigenvalue weighted by Gasteiger charge is -2.62. The summed E-state index contributed by atoms with van der Waals surface area (Å²) in [4.78, 5) is 13.3. The molecule has 34 heavy (non-hydrogen) atoms. The van der Waals surface area contributed by atoms with E-state index in [0.29, 0.717) is 30.8 Å². The predicted molar refractivity (Wildman–Crippen MR) is 127 cm³/mol. The minimum atomic E-state index is -1.46. The average molecular weight is 481 g/mol. The Bertz CT molecular complexity index is 852. The monoisotopic (exact) mass is 480 g/mol. The standard InChI is InChI=1S/C27H44O7/c1-14(2)6-7-22(32)26(5,33)21-8-9-27(34)16-11-17(28)15-10-18(29)19(30)12-24(15,3)23(16)20(31)13-25(21,27)4/h11,14-15,18-23,29-34H,6-10,12-13H2,1-5H3/t15-,18+,19-,20+,21-,22+,23+,24-,25+,26+,27+/m0/s1. The molecule has 7 heteroatoms. The van der Waals surface area contributed by atoms with E-state index >= 15 is 0 Å². The van der Waals surface area contributed by atoms with E-state index in [9.17, 15) is 35.4 Å². The van der Waals surface area contributed by atoms with Gasteiger partial charge >= 0.3 is 0 Å². The van der Waals surface area contributed by atoms with Gasteiger partial charge in [0.2, 0.25) is 0 Å². The van der Waals surface area contributed by atoms with Crippen LogP contribution >= 0.6 is 0 Å². The number of carbonyl (C=O) groups excluding carboxylic acids is 1. The van der Waals surface area contributed by atoms with Crippen molar-refractivity contribution in [3.63, 3.8) is 0 Å². The first-order valence-electron chi connectivity index (χ1n) is 13.0. The van der Waals surface area contributed by atoms with E-state index < -0.39 is 64.2 Å². The molecule has 0 aromatic carbocycles. The van der Waals surface area contributed by atoms with Crippen LogP contribution in [0.3, 0.4) is 0 Å². The van der Waals surface area contributed by atoms with Gasteiger partial charge in [0.05, 0.1) is 35.6 Å². The van der Waals surface area contributed by atoms with Gasteiger partial charge in [0.25, 0.3) is 0 Å². The van der Waals surface area contributed by atoms with Crippen molar-refractivity contribution in [3.8, 4) is 0 Å². The third kappa shape index (κ3) is 3.57. The van der Waals surface area contributed by atoms with E-state index in [1.54, 1.807) is 6.92 Å². The minimum Gasteiger partial charge on any atom is -0.392 e. The van der Waals surface area contributed by atoms with Gasteiger partial charge in [0, 0.05) is 17.3 Å². The first-order chi connectivity index (χ1) is 15.6. The summed E-state index contributed by atoms with van der Waals surface area (Å²) in [5.74, 6) is -1.32. The molecule has 4 aliphatic rings. The molecule has 0 unspecified atom stereocenters. The molecule has 0 aromatic rings. The van der Waals surface area contributed by atoms with Crippen LogP contribution < -0.4 is 0 Å². The van der Waals surface area contributed by atoms with Crippen molar-refractivity contribution >= 4 is 5.78 Å². The maximum Gasteiger partial charge on any atom is 0.159 e. The van der Waals surface area contributed by atoms with Crippen LogP contribution in [0.5, 0.6) is 0 Å². The van der Waals surface area contributed by atoms with Crippen LogP contribution in [0.4, 0.5) is 0 Å². The summed E-state index contributed by atoms with van der Waals surface area (Å²) in [5.41, 5.74) is -4.09. The molecule has 3 saturated carbocycles. The summed E-state index contributed by atoms with van der Waals surface area (Å²) < 4.78 is 0. The number of aliphatic hydroxyl groups excluding tert-OH is 4. The molecule has 0 radical (unpaired) electrons. The smallest absolute Gasteiger partial charge is 0.159 e. The van der Waals surface area contributed by atoms with Crippen LogP contribution in [0.25, 0.3) is 0 Å². The highest BCUT2D eigenvalue weighted by Gasteiger charge is 2.71. The third-order valence-electron chi connectivity index (χ3n) is 10.5. The first-order valence-corrected chi connectivity index (χ1v) is 13.0. The van der Waals surface area contributed by atoms with Gasteiger partial charge in [-0.05, 0) is 80.8 Å². The number of rotatable bonds is 5. The van der Waals surface area contributed by atoms with Gasteiger partial charge in [0.15, 0.2) is 5.78 Å². The summed E-state index contributed by atoms with van der Waals surface area (Å²) >= 11 is 0. The van der Waals surface area contributed by atoms with Gasteiger partial charge in [-0.2, -0.15) is 0 Å². The van der Waals surface area contributed by atoms with Gasteiger partial charge in [-0.25, -0.2) is 0 Å². The van der Waals surface area contributed by atoms with E-state index in [1.165, 1.54) is 6.08 Å². The summed E-state index contributed by atoms with van der Waals surface area (Å²) in [6.45, 7) is 9.52. The molecule has 11 atom stereocenters. The Kier molecular flexibility index (Phi) is 6.45. The van der Waals surface area contributed by atoms with Crippen molar-refractivity contribution in [2.45, 2.75) is 115 Å². The Hall–Kier alpha value is -0.830. The molecule has 0 saturated heterocycles. The summed E-state index contributed by atoms with van der Waals surface area (Å²) in [6, 6.07) is 0. The number of hydrogen-bond donors (Lipinski definition) is 6. The summed E-state index contributed by atoms with van der Waals surface area (Å²) in [7, 11) is 0. The SMILES string of the molecule is CC(C)CC[C@@H](O)[C@](C)(O)[C@H]1CC[C@@]2(O)C3=CC(=O)[C@@H]4C[C@@H](O)[C@@H](O)C[C@]4(C)[C@H]3[C@H](O)C[C@]12C. The Labute approximate surface area is 202 Å². The Morgan fingerprint density at radius 3 is 2.35 bits per heavy atom. The molecular weight excluding hydrogens is 436 g/mol. The number of hydrogen-bond acceptors (Lipinski definition) is 7. The molecule has 0 spiro atoms. The molecule has 4 aliphatic carbocycles. The third-order valence-corrected chi connectivity index (χ3v) is 10.5. The number of allylic oxidation sites excluding steroid dienone is 1. The van der Waals surface area contributed by atoms with E-state index in [-0.39, 0.29) is 25.0 Å². The second-order valence-electron chi connectivity index (χ2n) is 13.0. The lowest BCUT2D eigenvalue weighted by molar-refractivity contribution is -0.196. The molecule has 4 rings (SSSR count). The van der Waals surface area contributed by atoms with Crippen LogP contribution in [0, 0.1) is 34.5 Å². The Morgan fingerprint density at radius 2 is 1.74 bits per heavy atom. The molecule has 0 bridgehead atoms. The molecule has 6 N–H and O–H groups in total. The molecular formula is C27H44O7. The maximum absolute atomic E-state index is 13.3. The fourth-order valence-corrected chi connectivity index (χ4v) is 8.44. The van der Waals surface area contributed by atoms with Crippen LogP contribution in [-0.2, 0) is 4.79 Å². The van der Waals surface area contributed by atoms with E-state index in [1.807, 2.05) is 13.8 Å². The largest absolute Gasteiger partial charge is 0.392 e. The normalized spacial score (nSPS) is 49.1. The second-order valence-corrected chi connectivity index (χ2v) is 13.0. The summed E-state index contributed by atoms with van der Waals surface area (Å²) in [6.07, 6.45) is 0.195. The number of fused-ring (bicyclic) bond motifs is 5. The van der Waals surface area contributed by atoms with Crippen LogP contribution in [0.15, 0.2) is 11.6 Å². The van der Waals surface area contributed by atoms with E-state index in [2.05, 4.69) is 13.8 Å².